The number of rotatable bonds is 3. The van der Waals surface area contributed by atoms with Gasteiger partial charge in [-0.3, -0.25) is 4.98 Å². The van der Waals surface area contributed by atoms with Gasteiger partial charge in [-0.1, -0.05) is 40.2 Å². The quantitative estimate of drug-likeness (QED) is 0.752. The van der Waals surface area contributed by atoms with E-state index < -0.39 is 0 Å². The highest BCUT2D eigenvalue weighted by atomic mass is 79.9. The molecule has 106 valence electrons. The molecule has 3 rings (SSSR count). The highest BCUT2D eigenvalue weighted by Gasteiger charge is 2.17. The Morgan fingerprint density at radius 3 is 2.76 bits per heavy atom. The van der Waals surface area contributed by atoms with Crippen LogP contribution < -0.4 is 5.32 Å². The van der Waals surface area contributed by atoms with Crippen molar-refractivity contribution in [2.24, 2.45) is 0 Å². The average molecular weight is 341 g/mol. The van der Waals surface area contributed by atoms with Gasteiger partial charge >= 0.3 is 0 Å². The van der Waals surface area contributed by atoms with Crippen LogP contribution in [-0.2, 0) is 0 Å². The van der Waals surface area contributed by atoms with E-state index in [0.29, 0.717) is 0 Å². The molecule has 2 nitrogen and oxygen atoms in total. The van der Waals surface area contributed by atoms with E-state index >= 15 is 0 Å². The van der Waals surface area contributed by atoms with Crippen LogP contribution in [0.1, 0.15) is 22.7 Å². The SMILES string of the molecule is CNC(c1cc(Br)ccc1C)c1cccc2ccncc12. The lowest BCUT2D eigenvalue weighted by Gasteiger charge is -2.21. The molecule has 0 saturated heterocycles. The van der Waals surface area contributed by atoms with Gasteiger partial charge in [0.05, 0.1) is 6.04 Å². The predicted octanol–water partition coefficient (Wildman–Crippen LogP) is 4.61. The van der Waals surface area contributed by atoms with E-state index in [0.717, 1.165) is 4.47 Å². The second-order valence-electron chi connectivity index (χ2n) is 5.17. The van der Waals surface area contributed by atoms with Crippen molar-refractivity contribution in [3.8, 4) is 0 Å². The molecule has 0 amide bonds. The largest absolute Gasteiger partial charge is 0.309 e. The summed E-state index contributed by atoms with van der Waals surface area (Å²) in [5.41, 5.74) is 3.81. The number of benzene rings is 2. The molecule has 0 bridgehead atoms. The Kier molecular flexibility index (Phi) is 4.04. The van der Waals surface area contributed by atoms with Crippen molar-refractivity contribution in [3.63, 3.8) is 0 Å². The zero-order chi connectivity index (χ0) is 14.8. The lowest BCUT2D eigenvalue weighted by Crippen LogP contribution is -2.19. The summed E-state index contributed by atoms with van der Waals surface area (Å²) in [6, 6.07) is 15.0. The smallest absolute Gasteiger partial charge is 0.0583 e. The van der Waals surface area contributed by atoms with Crippen molar-refractivity contribution in [1.82, 2.24) is 10.3 Å². The van der Waals surface area contributed by atoms with Crippen LogP contribution >= 0.6 is 15.9 Å². The van der Waals surface area contributed by atoms with Gasteiger partial charge in [0.1, 0.15) is 0 Å². The van der Waals surface area contributed by atoms with Crippen molar-refractivity contribution in [2.75, 3.05) is 7.05 Å². The van der Waals surface area contributed by atoms with E-state index in [2.05, 4.69) is 75.6 Å². The number of aromatic nitrogens is 1. The van der Waals surface area contributed by atoms with E-state index in [9.17, 15) is 0 Å². The minimum atomic E-state index is 0.149. The maximum absolute atomic E-state index is 4.29. The highest BCUT2D eigenvalue weighted by Crippen LogP contribution is 2.31. The molecular weight excluding hydrogens is 324 g/mol. The molecule has 1 unspecified atom stereocenters. The maximum atomic E-state index is 4.29. The predicted molar refractivity (Wildman–Crippen MR) is 91.5 cm³/mol. The Morgan fingerprint density at radius 1 is 1.10 bits per heavy atom. The van der Waals surface area contributed by atoms with Gasteiger partial charge in [-0.05, 0) is 54.2 Å². The average Bonchev–Trinajstić information content (AvgIpc) is 2.51. The fraction of sp³-hybridized carbons (Fsp3) is 0.167. The topological polar surface area (TPSA) is 24.9 Å². The number of hydrogen-bond donors (Lipinski definition) is 1. The third-order valence-corrected chi connectivity index (χ3v) is 4.36. The number of pyridine rings is 1. The van der Waals surface area contributed by atoms with Crippen molar-refractivity contribution in [2.45, 2.75) is 13.0 Å². The lowest BCUT2D eigenvalue weighted by molar-refractivity contribution is 0.692. The summed E-state index contributed by atoms with van der Waals surface area (Å²) in [6.45, 7) is 2.15. The Hall–Kier alpha value is -1.71. The van der Waals surface area contributed by atoms with Gasteiger partial charge in [0.2, 0.25) is 0 Å². The Morgan fingerprint density at radius 2 is 1.95 bits per heavy atom. The van der Waals surface area contributed by atoms with E-state index in [4.69, 9.17) is 0 Å². The summed E-state index contributed by atoms with van der Waals surface area (Å²) in [5, 5.41) is 5.86. The van der Waals surface area contributed by atoms with Crippen LogP contribution in [0.4, 0.5) is 0 Å². The van der Waals surface area contributed by atoms with Crippen molar-refractivity contribution in [3.05, 3.63) is 76.0 Å². The van der Waals surface area contributed by atoms with Gasteiger partial charge in [0.15, 0.2) is 0 Å². The summed E-state index contributed by atoms with van der Waals surface area (Å²) in [7, 11) is 2.00. The minimum absolute atomic E-state index is 0.149. The third-order valence-electron chi connectivity index (χ3n) is 3.87. The molecule has 3 heteroatoms. The van der Waals surface area contributed by atoms with Crippen LogP contribution in [0.3, 0.4) is 0 Å². The van der Waals surface area contributed by atoms with Gasteiger partial charge in [-0.2, -0.15) is 0 Å². The lowest BCUT2D eigenvalue weighted by atomic mass is 9.92. The summed E-state index contributed by atoms with van der Waals surface area (Å²) in [5.74, 6) is 0. The van der Waals surface area contributed by atoms with Crippen molar-refractivity contribution >= 4 is 26.7 Å². The normalized spacial score (nSPS) is 12.5. The van der Waals surface area contributed by atoms with Crippen LogP contribution in [0, 0.1) is 6.92 Å². The Bertz CT molecular complexity index is 778. The molecule has 3 aromatic rings. The van der Waals surface area contributed by atoms with E-state index in [1.807, 2.05) is 19.4 Å². The molecule has 0 fully saturated rings. The number of hydrogen-bond acceptors (Lipinski definition) is 2. The Balaban J connectivity index is 2.21. The first-order chi connectivity index (χ1) is 10.2. The van der Waals surface area contributed by atoms with E-state index in [1.54, 1.807) is 0 Å². The summed E-state index contributed by atoms with van der Waals surface area (Å²) >= 11 is 3.58. The zero-order valence-corrected chi connectivity index (χ0v) is 13.7. The van der Waals surface area contributed by atoms with Gasteiger partial charge < -0.3 is 5.32 Å². The molecule has 1 aromatic heterocycles. The molecular formula is C18H17BrN2. The molecule has 1 N–H and O–H groups in total. The van der Waals surface area contributed by atoms with Crippen molar-refractivity contribution in [1.29, 1.82) is 0 Å². The molecule has 0 spiro atoms. The maximum Gasteiger partial charge on any atom is 0.0583 e. The fourth-order valence-electron chi connectivity index (χ4n) is 2.79. The van der Waals surface area contributed by atoms with Gasteiger partial charge in [-0.15, -0.1) is 0 Å². The number of nitrogens with zero attached hydrogens (tertiary/aromatic N) is 1. The third kappa shape index (κ3) is 2.71. The molecule has 21 heavy (non-hydrogen) atoms. The van der Waals surface area contributed by atoms with Crippen molar-refractivity contribution < 1.29 is 0 Å². The first-order valence-electron chi connectivity index (χ1n) is 6.96. The number of aryl methyl sites for hydroxylation is 1. The molecule has 2 aromatic carbocycles. The second kappa shape index (κ2) is 5.96. The minimum Gasteiger partial charge on any atom is -0.309 e. The fourth-order valence-corrected chi connectivity index (χ4v) is 3.17. The summed E-state index contributed by atoms with van der Waals surface area (Å²) in [6.07, 6.45) is 3.78. The van der Waals surface area contributed by atoms with Gasteiger partial charge in [0.25, 0.3) is 0 Å². The molecule has 0 saturated carbocycles. The molecule has 0 aliphatic rings. The monoisotopic (exact) mass is 340 g/mol. The first kappa shape index (κ1) is 14.2. The summed E-state index contributed by atoms with van der Waals surface area (Å²) in [4.78, 5) is 4.29. The zero-order valence-electron chi connectivity index (χ0n) is 12.1. The van der Waals surface area contributed by atoms with Crippen LogP contribution in [0.25, 0.3) is 10.8 Å². The molecule has 0 aliphatic heterocycles. The van der Waals surface area contributed by atoms with Crippen LogP contribution in [0.5, 0.6) is 0 Å². The summed E-state index contributed by atoms with van der Waals surface area (Å²) < 4.78 is 1.10. The van der Waals surface area contributed by atoms with Crippen LogP contribution in [0.2, 0.25) is 0 Å². The van der Waals surface area contributed by atoms with Crippen LogP contribution in [0.15, 0.2) is 59.3 Å². The van der Waals surface area contributed by atoms with Gasteiger partial charge in [0, 0.05) is 22.3 Å². The Labute approximate surface area is 133 Å². The van der Waals surface area contributed by atoms with E-state index in [-0.39, 0.29) is 6.04 Å². The number of halogens is 1. The van der Waals surface area contributed by atoms with E-state index in [1.165, 1.54) is 27.5 Å². The molecule has 1 heterocycles. The number of nitrogens with one attached hydrogen (secondary N) is 1. The van der Waals surface area contributed by atoms with Gasteiger partial charge in [-0.25, -0.2) is 0 Å². The van der Waals surface area contributed by atoms with Crippen LogP contribution in [-0.4, -0.2) is 12.0 Å². The standard InChI is InChI=1S/C18H17BrN2/c1-12-6-7-14(19)10-16(12)18(20-2)15-5-3-4-13-8-9-21-11-17(13)15/h3-11,18,20H,1-2H3. The molecule has 1 atom stereocenters. The molecule has 0 aliphatic carbocycles. The highest BCUT2D eigenvalue weighted by molar-refractivity contribution is 9.10. The first-order valence-corrected chi connectivity index (χ1v) is 7.76. The second-order valence-corrected chi connectivity index (χ2v) is 6.08. The number of fused-ring (bicyclic) bond motifs is 1. The molecule has 0 radical (unpaired) electrons.